The number of pyridine rings is 2. The van der Waals surface area contributed by atoms with E-state index in [9.17, 15) is 31.1 Å². The number of benzene rings is 3. The van der Waals surface area contributed by atoms with Gasteiger partial charge in [-0.15, -0.1) is 11.8 Å². The van der Waals surface area contributed by atoms with Crippen LogP contribution in [0.15, 0.2) is 102 Å². The number of hydrogen-bond donors (Lipinski definition) is 1. The van der Waals surface area contributed by atoms with E-state index in [1.807, 2.05) is 57.2 Å². The molecule has 3 heterocycles. The van der Waals surface area contributed by atoms with E-state index < -0.39 is 40.9 Å². The topological polar surface area (TPSA) is 146 Å². The minimum atomic E-state index is -4.74. The van der Waals surface area contributed by atoms with Crippen LogP contribution >= 0.6 is 11.8 Å². The van der Waals surface area contributed by atoms with E-state index in [0.717, 1.165) is 16.7 Å². The van der Waals surface area contributed by atoms with Crippen molar-refractivity contribution in [2.24, 2.45) is 0 Å². The minimum absolute atomic E-state index is 0.0850. The van der Waals surface area contributed by atoms with E-state index in [1.54, 1.807) is 53.4 Å². The normalized spacial score (nSPS) is 12.7. The Morgan fingerprint density at radius 1 is 0.906 bits per heavy atom. The van der Waals surface area contributed by atoms with E-state index in [4.69, 9.17) is 4.74 Å². The maximum absolute atomic E-state index is 13.7. The first kappa shape index (κ1) is 38.0. The Morgan fingerprint density at radius 3 is 2.25 bits per heavy atom. The number of carbonyl (C=O) groups is 1. The molecule has 3 aromatic carbocycles. The van der Waals surface area contributed by atoms with Crippen molar-refractivity contribution in [2.45, 2.75) is 54.1 Å². The maximum Gasteiger partial charge on any atom is 0.341 e. The van der Waals surface area contributed by atoms with Crippen LogP contribution in [0.25, 0.3) is 32.9 Å². The third-order valence-corrected chi connectivity index (χ3v) is 14.9. The zero-order chi connectivity index (χ0) is 38.3. The Kier molecular flexibility index (Phi) is 10.2. The maximum atomic E-state index is 13.7. The third kappa shape index (κ3) is 7.80. The second kappa shape index (κ2) is 14.2. The zero-order valence-electron chi connectivity index (χ0n) is 29.7. The molecular formula is C39H38FN3O7S3. The number of fused-ring (bicyclic) bond motifs is 2. The Balaban J connectivity index is 1.50. The molecule has 0 radical (unpaired) electrons. The molecule has 0 amide bonds. The Morgan fingerprint density at radius 2 is 1.62 bits per heavy atom. The van der Waals surface area contributed by atoms with E-state index in [2.05, 4.69) is 9.97 Å². The van der Waals surface area contributed by atoms with Gasteiger partial charge in [-0.25, -0.2) is 31.0 Å². The third-order valence-electron chi connectivity index (χ3n) is 8.81. The molecule has 276 valence electrons. The van der Waals surface area contributed by atoms with Gasteiger partial charge in [-0.3, -0.25) is 4.98 Å². The van der Waals surface area contributed by atoms with Crippen LogP contribution in [0.3, 0.4) is 0 Å². The molecule has 0 unspecified atom stereocenters. The number of sulfone groups is 2. The fraction of sp³-hybridized carbons (Fsp3) is 0.256. The highest BCUT2D eigenvalue weighted by molar-refractivity contribution is 8.10. The van der Waals surface area contributed by atoms with Crippen molar-refractivity contribution in [1.29, 1.82) is 0 Å². The summed E-state index contributed by atoms with van der Waals surface area (Å²) in [4.78, 5) is 22.2. The van der Waals surface area contributed by atoms with Crippen LogP contribution < -0.4 is 4.74 Å². The summed E-state index contributed by atoms with van der Waals surface area (Å²) < 4.78 is 71.4. The van der Waals surface area contributed by atoms with Gasteiger partial charge in [-0.05, 0) is 65.2 Å². The second-order valence-corrected chi connectivity index (χ2v) is 20.5. The molecule has 14 heteroatoms. The van der Waals surface area contributed by atoms with E-state index >= 15 is 0 Å². The van der Waals surface area contributed by atoms with Gasteiger partial charge in [-0.1, -0.05) is 57.2 Å². The summed E-state index contributed by atoms with van der Waals surface area (Å²) in [6, 6.07) is 24.6. The van der Waals surface area contributed by atoms with Gasteiger partial charge in [0.15, 0.2) is 19.7 Å². The van der Waals surface area contributed by atoms with Crippen LogP contribution in [0.4, 0.5) is 4.39 Å². The van der Waals surface area contributed by atoms with Crippen molar-refractivity contribution in [3.63, 3.8) is 0 Å². The van der Waals surface area contributed by atoms with Gasteiger partial charge in [0.2, 0.25) is 0 Å². The quantitative estimate of drug-likeness (QED) is 0.126. The lowest BCUT2D eigenvalue weighted by Crippen LogP contribution is -2.54. The molecule has 0 fully saturated rings. The number of hydrogen-bond acceptors (Lipinski definition) is 9. The zero-order valence-corrected chi connectivity index (χ0v) is 32.1. The SMILES string of the molecule is CC(C)(C)Sc1c(CC(C(=O)O)(S(C)(=O)=O)S(C)(=O)=O)n(Cc2ccc(-c3cccnc3)cc2)c2ccc(OCc3ccc4cc(F)ccc4n3)cc12. The molecule has 10 nitrogen and oxygen atoms in total. The van der Waals surface area contributed by atoms with E-state index in [0.29, 0.717) is 50.7 Å². The molecule has 0 saturated carbocycles. The summed E-state index contributed by atoms with van der Waals surface area (Å²) in [5.41, 5.74) is 4.75. The van der Waals surface area contributed by atoms with Gasteiger partial charge in [0, 0.05) is 69.5 Å². The fourth-order valence-corrected chi connectivity index (χ4v) is 11.1. The molecule has 3 aromatic heterocycles. The number of aromatic nitrogens is 3. The monoisotopic (exact) mass is 775 g/mol. The average Bonchev–Trinajstić information content (AvgIpc) is 3.34. The number of aliphatic carboxylic acids is 1. The number of halogens is 1. The van der Waals surface area contributed by atoms with Crippen molar-refractivity contribution >= 4 is 59.2 Å². The van der Waals surface area contributed by atoms with Gasteiger partial charge < -0.3 is 14.4 Å². The summed E-state index contributed by atoms with van der Waals surface area (Å²) in [5.74, 6) is -1.88. The lowest BCUT2D eigenvalue weighted by molar-refractivity contribution is -0.137. The standard InChI is InChI=1S/C39H38FN3O7S3/c1-38(2,3)51-36-32-20-31(50-24-30-14-12-27-19-29(40)13-16-33(27)42-30)15-17-34(32)43(23-25-8-10-26(11-9-25)28-7-6-18-41-22-28)35(36)21-39(37(44)45,52(4,46)47)53(5,48)49/h6-20,22H,21,23-24H2,1-5H3,(H,44,45). The highest BCUT2D eigenvalue weighted by Crippen LogP contribution is 2.45. The first-order chi connectivity index (χ1) is 24.9. The summed E-state index contributed by atoms with van der Waals surface area (Å²) in [6.45, 7) is 6.13. The highest BCUT2D eigenvalue weighted by Gasteiger charge is 2.58. The van der Waals surface area contributed by atoms with Gasteiger partial charge >= 0.3 is 5.97 Å². The number of rotatable bonds is 12. The van der Waals surface area contributed by atoms with Crippen LogP contribution in [0.5, 0.6) is 5.75 Å². The lowest BCUT2D eigenvalue weighted by atomic mass is 10.1. The Labute approximate surface area is 311 Å². The van der Waals surface area contributed by atoms with E-state index in [-0.39, 0.29) is 24.7 Å². The first-order valence-electron chi connectivity index (χ1n) is 16.5. The van der Waals surface area contributed by atoms with Gasteiger partial charge in [0.25, 0.3) is 4.08 Å². The summed E-state index contributed by atoms with van der Waals surface area (Å²) in [7, 11) is -9.48. The molecule has 0 atom stereocenters. The van der Waals surface area contributed by atoms with Crippen molar-refractivity contribution < 1.29 is 35.9 Å². The van der Waals surface area contributed by atoms with Gasteiger partial charge in [-0.2, -0.15) is 0 Å². The molecule has 0 spiro atoms. The van der Waals surface area contributed by atoms with Gasteiger partial charge in [0.05, 0.1) is 11.2 Å². The first-order valence-corrected chi connectivity index (χ1v) is 21.1. The molecule has 0 aliphatic rings. The molecule has 0 bridgehead atoms. The number of carboxylic acids is 1. The second-order valence-electron chi connectivity index (χ2n) is 13.9. The van der Waals surface area contributed by atoms with Crippen LogP contribution in [-0.2, 0) is 44.0 Å². The fourth-order valence-electron chi connectivity index (χ4n) is 6.27. The highest BCUT2D eigenvalue weighted by atomic mass is 32.3. The van der Waals surface area contributed by atoms with Crippen molar-refractivity contribution in [3.8, 4) is 16.9 Å². The van der Waals surface area contributed by atoms with E-state index in [1.165, 1.54) is 23.9 Å². The molecule has 0 saturated heterocycles. The molecule has 0 aliphatic carbocycles. The Bertz CT molecular complexity index is 2540. The van der Waals surface area contributed by atoms with Crippen LogP contribution in [0, 0.1) is 5.82 Å². The largest absolute Gasteiger partial charge is 0.487 e. The molecule has 6 aromatic rings. The Hall–Kier alpha value is -4.79. The predicted molar refractivity (Wildman–Crippen MR) is 206 cm³/mol. The van der Waals surface area contributed by atoms with Gasteiger partial charge in [0.1, 0.15) is 18.2 Å². The molecule has 53 heavy (non-hydrogen) atoms. The minimum Gasteiger partial charge on any atom is -0.487 e. The number of ether oxygens (including phenoxy) is 1. The predicted octanol–water partition coefficient (Wildman–Crippen LogP) is 7.32. The average molecular weight is 776 g/mol. The molecular weight excluding hydrogens is 738 g/mol. The lowest BCUT2D eigenvalue weighted by Gasteiger charge is -2.28. The van der Waals surface area contributed by atoms with Crippen molar-refractivity contribution in [2.75, 3.05) is 12.5 Å². The van der Waals surface area contributed by atoms with Crippen LogP contribution in [-0.4, -0.2) is 63.8 Å². The van der Waals surface area contributed by atoms with Crippen LogP contribution in [0.2, 0.25) is 0 Å². The summed E-state index contributed by atoms with van der Waals surface area (Å²) in [6.07, 6.45) is 3.90. The molecule has 0 aliphatic heterocycles. The number of nitrogens with zero attached hydrogens (tertiary/aromatic N) is 3. The molecule has 1 N–H and O–H groups in total. The summed E-state index contributed by atoms with van der Waals surface area (Å²) in [5, 5.41) is 11.7. The van der Waals surface area contributed by atoms with Crippen molar-refractivity contribution in [3.05, 3.63) is 120 Å². The molecule has 6 rings (SSSR count). The van der Waals surface area contributed by atoms with Crippen LogP contribution in [0.1, 0.15) is 37.7 Å². The summed E-state index contributed by atoms with van der Waals surface area (Å²) >= 11 is 1.38. The number of carboxylic acid groups (broad SMARTS) is 1. The number of thioether (sulfide) groups is 1. The van der Waals surface area contributed by atoms with Crippen molar-refractivity contribution in [1.82, 2.24) is 14.5 Å². The smallest absolute Gasteiger partial charge is 0.341 e.